The molecule has 1 aromatic heterocycles. The van der Waals surface area contributed by atoms with Gasteiger partial charge in [0.2, 0.25) is 0 Å². The maximum atomic E-state index is 10.7. The van der Waals surface area contributed by atoms with E-state index in [9.17, 15) is 4.79 Å². The summed E-state index contributed by atoms with van der Waals surface area (Å²) in [5, 5.41) is 5.56. The van der Waals surface area contributed by atoms with Crippen LogP contribution in [0.15, 0.2) is 15.4 Å². The van der Waals surface area contributed by atoms with E-state index in [1.807, 2.05) is 0 Å². The first-order chi connectivity index (χ1) is 5.84. The molecule has 2 rings (SSSR count). The molecule has 0 radical (unpaired) electrons. The molecule has 12 heavy (non-hydrogen) atoms. The van der Waals surface area contributed by atoms with Crippen LogP contribution < -0.4 is 10.9 Å². The summed E-state index contributed by atoms with van der Waals surface area (Å²) >= 11 is 0. The quantitative estimate of drug-likeness (QED) is 0.659. The summed E-state index contributed by atoms with van der Waals surface area (Å²) in [5.41, 5.74) is -0.143. The molecule has 1 saturated heterocycles. The fraction of sp³-hybridized carbons (Fsp3) is 0.625. The van der Waals surface area contributed by atoms with Gasteiger partial charge < -0.3 is 9.84 Å². The first-order valence-electron chi connectivity index (χ1n) is 4.23. The Morgan fingerprint density at radius 3 is 3.17 bits per heavy atom. The molecule has 0 saturated carbocycles. The zero-order valence-electron chi connectivity index (χ0n) is 6.80. The van der Waals surface area contributed by atoms with Crippen LogP contribution in [0, 0.1) is 5.92 Å². The van der Waals surface area contributed by atoms with Crippen molar-refractivity contribution in [2.24, 2.45) is 5.92 Å². The second-order valence-corrected chi connectivity index (χ2v) is 3.24. The van der Waals surface area contributed by atoms with E-state index in [0.717, 1.165) is 25.3 Å². The van der Waals surface area contributed by atoms with Crippen molar-refractivity contribution in [3.05, 3.63) is 22.2 Å². The molecule has 1 aliphatic rings. The highest BCUT2D eigenvalue weighted by Crippen LogP contribution is 2.13. The van der Waals surface area contributed by atoms with Crippen molar-refractivity contribution in [1.82, 2.24) is 10.5 Å². The Labute approximate surface area is 69.9 Å². The third-order valence-corrected chi connectivity index (χ3v) is 2.23. The highest BCUT2D eigenvalue weighted by atomic mass is 16.5. The Morgan fingerprint density at radius 2 is 2.58 bits per heavy atom. The monoisotopic (exact) mass is 168 g/mol. The van der Waals surface area contributed by atoms with Crippen LogP contribution in [-0.2, 0) is 6.42 Å². The van der Waals surface area contributed by atoms with Gasteiger partial charge in [0.15, 0.2) is 0 Å². The topological polar surface area (TPSA) is 58.0 Å². The zero-order valence-corrected chi connectivity index (χ0v) is 6.80. The SMILES string of the molecule is O=c1cc(CC2CCNC2)o[nH]1. The number of H-pyrrole nitrogens is 1. The van der Waals surface area contributed by atoms with E-state index in [2.05, 4.69) is 10.5 Å². The van der Waals surface area contributed by atoms with Gasteiger partial charge in [-0.3, -0.25) is 4.79 Å². The Bertz CT molecular complexity index is 296. The van der Waals surface area contributed by atoms with Crippen LogP contribution in [-0.4, -0.2) is 18.2 Å². The zero-order chi connectivity index (χ0) is 8.39. The van der Waals surface area contributed by atoms with Crippen LogP contribution in [0.2, 0.25) is 0 Å². The fourth-order valence-corrected chi connectivity index (χ4v) is 1.59. The summed E-state index contributed by atoms with van der Waals surface area (Å²) < 4.78 is 4.96. The minimum absolute atomic E-state index is 0.143. The summed E-state index contributed by atoms with van der Waals surface area (Å²) in [6.45, 7) is 2.12. The highest BCUT2D eigenvalue weighted by molar-refractivity contribution is 4.96. The first-order valence-corrected chi connectivity index (χ1v) is 4.23. The van der Waals surface area contributed by atoms with Gasteiger partial charge in [0.05, 0.1) is 0 Å². The fourth-order valence-electron chi connectivity index (χ4n) is 1.59. The Kier molecular flexibility index (Phi) is 1.99. The van der Waals surface area contributed by atoms with Gasteiger partial charge in [-0.15, -0.1) is 0 Å². The number of aromatic amines is 1. The summed E-state index contributed by atoms with van der Waals surface area (Å²) in [6, 6.07) is 1.53. The summed E-state index contributed by atoms with van der Waals surface area (Å²) in [5.74, 6) is 1.40. The van der Waals surface area contributed by atoms with E-state index >= 15 is 0 Å². The predicted molar refractivity (Wildman–Crippen MR) is 44.0 cm³/mol. The Balaban J connectivity index is 1.98. The normalized spacial score (nSPS) is 23.2. The number of rotatable bonds is 2. The summed E-state index contributed by atoms with van der Waals surface area (Å²) in [7, 11) is 0. The van der Waals surface area contributed by atoms with Crippen LogP contribution in [0.25, 0.3) is 0 Å². The molecule has 0 aromatic carbocycles. The largest absolute Gasteiger partial charge is 0.384 e. The van der Waals surface area contributed by atoms with Crippen LogP contribution in [0.4, 0.5) is 0 Å². The van der Waals surface area contributed by atoms with Crippen LogP contribution in [0.3, 0.4) is 0 Å². The third kappa shape index (κ3) is 1.58. The second-order valence-electron chi connectivity index (χ2n) is 3.24. The van der Waals surface area contributed by atoms with E-state index in [-0.39, 0.29) is 5.56 Å². The average molecular weight is 168 g/mol. The van der Waals surface area contributed by atoms with E-state index in [1.54, 1.807) is 0 Å². The maximum Gasteiger partial charge on any atom is 0.280 e. The van der Waals surface area contributed by atoms with E-state index in [4.69, 9.17) is 4.52 Å². The molecule has 1 atom stereocenters. The lowest BCUT2D eigenvalue weighted by Crippen LogP contribution is -2.10. The molecular weight excluding hydrogens is 156 g/mol. The molecule has 1 fully saturated rings. The van der Waals surface area contributed by atoms with Crippen LogP contribution in [0.1, 0.15) is 12.2 Å². The van der Waals surface area contributed by atoms with Gasteiger partial charge in [0.1, 0.15) is 5.76 Å². The summed E-state index contributed by atoms with van der Waals surface area (Å²) in [6.07, 6.45) is 2.04. The van der Waals surface area contributed by atoms with Crippen LogP contribution >= 0.6 is 0 Å². The molecule has 2 heterocycles. The highest BCUT2D eigenvalue weighted by Gasteiger charge is 2.16. The molecule has 1 aliphatic heterocycles. The van der Waals surface area contributed by atoms with Crippen molar-refractivity contribution < 1.29 is 4.52 Å². The molecule has 4 nitrogen and oxygen atoms in total. The Hall–Kier alpha value is -1.03. The number of nitrogens with one attached hydrogen (secondary N) is 2. The van der Waals surface area contributed by atoms with Crippen molar-refractivity contribution in [2.45, 2.75) is 12.8 Å². The first kappa shape index (κ1) is 7.61. The number of aromatic nitrogens is 1. The van der Waals surface area contributed by atoms with Crippen molar-refractivity contribution >= 4 is 0 Å². The van der Waals surface area contributed by atoms with E-state index in [0.29, 0.717) is 5.92 Å². The lowest BCUT2D eigenvalue weighted by molar-refractivity contribution is 0.360. The molecule has 1 unspecified atom stereocenters. The lowest BCUT2D eigenvalue weighted by Gasteiger charge is -2.02. The molecular formula is C8H12N2O2. The minimum Gasteiger partial charge on any atom is -0.384 e. The van der Waals surface area contributed by atoms with Gasteiger partial charge in [0.25, 0.3) is 5.56 Å². The number of hydrogen-bond donors (Lipinski definition) is 2. The molecule has 66 valence electrons. The van der Waals surface area contributed by atoms with Crippen LogP contribution in [0.5, 0.6) is 0 Å². The van der Waals surface area contributed by atoms with Crippen molar-refractivity contribution in [3.8, 4) is 0 Å². The van der Waals surface area contributed by atoms with Gasteiger partial charge in [-0.25, -0.2) is 0 Å². The van der Waals surface area contributed by atoms with Crippen molar-refractivity contribution in [1.29, 1.82) is 0 Å². The standard InChI is InChI=1S/C8H12N2O2/c11-8-4-7(12-10-8)3-6-1-2-9-5-6/h4,6,9H,1-3,5H2,(H,10,11). The maximum absolute atomic E-state index is 10.7. The van der Waals surface area contributed by atoms with Gasteiger partial charge in [-0.05, 0) is 25.4 Å². The third-order valence-electron chi connectivity index (χ3n) is 2.23. The summed E-state index contributed by atoms with van der Waals surface area (Å²) in [4.78, 5) is 10.7. The average Bonchev–Trinajstić information content (AvgIpc) is 2.63. The lowest BCUT2D eigenvalue weighted by atomic mass is 10.0. The van der Waals surface area contributed by atoms with Crippen molar-refractivity contribution in [2.75, 3.05) is 13.1 Å². The Morgan fingerprint density at radius 1 is 1.67 bits per heavy atom. The second kappa shape index (κ2) is 3.15. The minimum atomic E-state index is -0.143. The van der Waals surface area contributed by atoms with E-state index < -0.39 is 0 Å². The number of hydrogen-bond acceptors (Lipinski definition) is 3. The molecule has 0 amide bonds. The van der Waals surface area contributed by atoms with Gasteiger partial charge >= 0.3 is 0 Å². The smallest absolute Gasteiger partial charge is 0.280 e. The molecule has 4 heteroatoms. The predicted octanol–water partition coefficient (Wildman–Crippen LogP) is 0.120. The molecule has 0 bridgehead atoms. The van der Waals surface area contributed by atoms with E-state index in [1.165, 1.54) is 12.5 Å². The van der Waals surface area contributed by atoms with Gasteiger partial charge in [-0.2, -0.15) is 5.16 Å². The molecule has 0 aliphatic carbocycles. The van der Waals surface area contributed by atoms with Crippen molar-refractivity contribution in [3.63, 3.8) is 0 Å². The van der Waals surface area contributed by atoms with Gasteiger partial charge in [0, 0.05) is 12.5 Å². The molecule has 1 aromatic rings. The molecule has 2 N–H and O–H groups in total. The molecule has 0 spiro atoms. The van der Waals surface area contributed by atoms with Gasteiger partial charge in [-0.1, -0.05) is 0 Å².